The van der Waals surface area contributed by atoms with Crippen molar-refractivity contribution in [3.8, 4) is 0 Å². The third-order valence-corrected chi connectivity index (χ3v) is 3.35. The third kappa shape index (κ3) is 2.18. The van der Waals surface area contributed by atoms with Gasteiger partial charge >= 0.3 is 0 Å². The minimum Gasteiger partial charge on any atom is -0.386 e. The van der Waals surface area contributed by atoms with Gasteiger partial charge in [0, 0.05) is 23.3 Å². The summed E-state index contributed by atoms with van der Waals surface area (Å²) in [7, 11) is 0. The Hall–Kier alpha value is -1.39. The molecule has 1 aliphatic rings. The normalized spacial score (nSPS) is 18.2. The second kappa shape index (κ2) is 4.47. The summed E-state index contributed by atoms with van der Waals surface area (Å²) in [5.74, 6) is 0. The van der Waals surface area contributed by atoms with Crippen LogP contribution in [0.3, 0.4) is 0 Å². The third-order valence-electron chi connectivity index (χ3n) is 3.35. The summed E-state index contributed by atoms with van der Waals surface area (Å²) in [6, 6.07) is 3.90. The molecule has 2 aromatic rings. The highest BCUT2D eigenvalue weighted by Crippen LogP contribution is 2.24. The van der Waals surface area contributed by atoms with E-state index in [1.807, 2.05) is 18.3 Å². The van der Waals surface area contributed by atoms with Crippen molar-refractivity contribution >= 4 is 11.0 Å². The predicted octanol–water partition coefficient (Wildman–Crippen LogP) is 2.17. The topological polar surface area (TPSA) is 58.1 Å². The highest BCUT2D eigenvalue weighted by atomic mass is 16.5. The molecule has 90 valence electrons. The van der Waals surface area contributed by atoms with Gasteiger partial charge < -0.3 is 14.8 Å². The number of ether oxygens (including phenoxy) is 1. The summed E-state index contributed by atoms with van der Waals surface area (Å²) in [4.78, 5) is 7.28. The van der Waals surface area contributed by atoms with Gasteiger partial charge in [0.05, 0.1) is 12.7 Å². The lowest BCUT2D eigenvalue weighted by molar-refractivity contribution is -0.0427. The molecule has 4 nitrogen and oxygen atoms in total. The lowest BCUT2D eigenvalue weighted by atomic mass is 9.96. The number of hydrogen-bond acceptors (Lipinski definition) is 3. The second-order valence-electron chi connectivity index (χ2n) is 4.59. The average molecular weight is 232 g/mol. The zero-order valence-corrected chi connectivity index (χ0v) is 9.60. The van der Waals surface area contributed by atoms with E-state index in [1.54, 1.807) is 6.20 Å². The number of pyridine rings is 1. The van der Waals surface area contributed by atoms with Crippen LogP contribution < -0.4 is 0 Å². The van der Waals surface area contributed by atoms with Crippen LogP contribution in [0.15, 0.2) is 24.5 Å². The van der Waals surface area contributed by atoms with E-state index in [4.69, 9.17) is 4.74 Å². The highest BCUT2D eigenvalue weighted by Gasteiger charge is 2.19. The van der Waals surface area contributed by atoms with Gasteiger partial charge in [-0.2, -0.15) is 0 Å². The number of aromatic amines is 1. The minimum atomic E-state index is -0.581. The van der Waals surface area contributed by atoms with Gasteiger partial charge in [-0.3, -0.25) is 0 Å². The number of nitrogens with one attached hydrogen (secondary N) is 1. The maximum Gasteiger partial charge on any atom is 0.137 e. The maximum atomic E-state index is 10.0. The first-order valence-corrected chi connectivity index (χ1v) is 6.05. The Labute approximate surface area is 99.6 Å². The molecule has 0 bridgehead atoms. The molecule has 0 spiro atoms. The van der Waals surface area contributed by atoms with Gasteiger partial charge in [-0.1, -0.05) is 0 Å². The van der Waals surface area contributed by atoms with Gasteiger partial charge in [0.15, 0.2) is 0 Å². The van der Waals surface area contributed by atoms with Crippen LogP contribution in [-0.4, -0.2) is 27.8 Å². The molecule has 17 heavy (non-hydrogen) atoms. The van der Waals surface area contributed by atoms with E-state index < -0.39 is 6.10 Å². The number of fused-ring (bicyclic) bond motifs is 1. The fourth-order valence-electron chi connectivity index (χ4n) is 2.00. The zero-order chi connectivity index (χ0) is 11.7. The molecule has 2 heterocycles. The monoisotopic (exact) mass is 232 g/mol. The standard InChI is InChI=1S/C13H16N2O2/c16-12(8-17-11-2-1-3-11)10-6-9-4-5-14-13(9)15-7-10/h4-7,11-12,16H,1-3,8H2,(H,14,15). The van der Waals surface area contributed by atoms with Crippen LogP contribution in [-0.2, 0) is 4.74 Å². The predicted molar refractivity (Wildman–Crippen MR) is 64.6 cm³/mol. The van der Waals surface area contributed by atoms with E-state index in [9.17, 15) is 5.11 Å². The molecule has 2 N–H and O–H groups in total. The molecule has 1 fully saturated rings. The molecule has 0 aromatic carbocycles. The molecular weight excluding hydrogens is 216 g/mol. The van der Waals surface area contributed by atoms with E-state index >= 15 is 0 Å². The highest BCUT2D eigenvalue weighted by molar-refractivity contribution is 5.75. The Morgan fingerprint density at radius 1 is 1.53 bits per heavy atom. The summed E-state index contributed by atoms with van der Waals surface area (Å²) in [6.07, 6.45) is 6.82. The van der Waals surface area contributed by atoms with Crippen LogP contribution in [0.2, 0.25) is 0 Å². The summed E-state index contributed by atoms with van der Waals surface area (Å²) in [5, 5.41) is 11.0. The Bertz CT molecular complexity index is 505. The zero-order valence-electron chi connectivity index (χ0n) is 9.60. The van der Waals surface area contributed by atoms with E-state index in [0.29, 0.717) is 12.7 Å². The first-order valence-electron chi connectivity index (χ1n) is 6.05. The van der Waals surface area contributed by atoms with Crippen LogP contribution in [0, 0.1) is 0 Å². The number of aromatic nitrogens is 2. The number of aliphatic hydroxyl groups excluding tert-OH is 1. The molecule has 2 aromatic heterocycles. The molecule has 1 saturated carbocycles. The Balaban J connectivity index is 1.68. The number of H-pyrrole nitrogens is 1. The SMILES string of the molecule is OC(COC1CCC1)c1cnc2[nH]ccc2c1. The largest absolute Gasteiger partial charge is 0.386 e. The number of hydrogen-bond donors (Lipinski definition) is 2. The smallest absolute Gasteiger partial charge is 0.137 e. The molecule has 1 atom stereocenters. The van der Waals surface area contributed by atoms with Crippen molar-refractivity contribution in [1.29, 1.82) is 0 Å². The van der Waals surface area contributed by atoms with Gasteiger partial charge in [-0.05, 0) is 31.4 Å². The number of aliphatic hydroxyl groups is 1. The van der Waals surface area contributed by atoms with Crippen LogP contribution in [0.25, 0.3) is 11.0 Å². The van der Waals surface area contributed by atoms with Crippen molar-refractivity contribution in [2.45, 2.75) is 31.5 Å². The molecular formula is C13H16N2O2. The van der Waals surface area contributed by atoms with E-state index in [-0.39, 0.29) is 0 Å². The fraction of sp³-hybridized carbons (Fsp3) is 0.462. The van der Waals surface area contributed by atoms with E-state index in [2.05, 4.69) is 9.97 Å². The quantitative estimate of drug-likeness (QED) is 0.849. The van der Waals surface area contributed by atoms with Crippen molar-refractivity contribution in [3.63, 3.8) is 0 Å². The fourth-order valence-corrected chi connectivity index (χ4v) is 2.00. The number of rotatable bonds is 4. The van der Waals surface area contributed by atoms with E-state index in [1.165, 1.54) is 6.42 Å². The Morgan fingerprint density at radius 2 is 2.41 bits per heavy atom. The summed E-state index contributed by atoms with van der Waals surface area (Å²) < 4.78 is 5.60. The first kappa shape index (κ1) is 10.7. The van der Waals surface area contributed by atoms with Gasteiger partial charge in [0.2, 0.25) is 0 Å². The molecule has 0 radical (unpaired) electrons. The summed E-state index contributed by atoms with van der Waals surface area (Å²) >= 11 is 0. The van der Waals surface area contributed by atoms with Crippen LogP contribution in [0.1, 0.15) is 30.9 Å². The lowest BCUT2D eigenvalue weighted by Crippen LogP contribution is -2.24. The summed E-state index contributed by atoms with van der Waals surface area (Å²) in [6.45, 7) is 0.363. The lowest BCUT2D eigenvalue weighted by Gasteiger charge is -2.26. The molecule has 4 heteroatoms. The molecule has 0 saturated heterocycles. The number of nitrogens with zero attached hydrogens (tertiary/aromatic N) is 1. The minimum absolute atomic E-state index is 0.355. The van der Waals surface area contributed by atoms with Crippen molar-refractivity contribution in [3.05, 3.63) is 30.1 Å². The molecule has 3 rings (SSSR count). The van der Waals surface area contributed by atoms with Gasteiger partial charge in [0.1, 0.15) is 11.8 Å². The van der Waals surface area contributed by atoms with E-state index in [0.717, 1.165) is 29.4 Å². The average Bonchev–Trinajstić information content (AvgIpc) is 2.73. The molecule has 0 aliphatic heterocycles. The van der Waals surface area contributed by atoms with Gasteiger partial charge in [0.25, 0.3) is 0 Å². The maximum absolute atomic E-state index is 10.0. The molecule has 1 aliphatic carbocycles. The van der Waals surface area contributed by atoms with Gasteiger partial charge in [-0.15, -0.1) is 0 Å². The first-order chi connectivity index (χ1) is 8.33. The van der Waals surface area contributed by atoms with Crippen molar-refractivity contribution < 1.29 is 9.84 Å². The molecule has 0 amide bonds. The van der Waals surface area contributed by atoms with Crippen molar-refractivity contribution in [1.82, 2.24) is 9.97 Å². The van der Waals surface area contributed by atoms with Crippen molar-refractivity contribution in [2.75, 3.05) is 6.61 Å². The molecule has 1 unspecified atom stereocenters. The Morgan fingerprint density at radius 3 is 3.18 bits per heavy atom. The van der Waals surface area contributed by atoms with Gasteiger partial charge in [-0.25, -0.2) is 4.98 Å². The van der Waals surface area contributed by atoms with Crippen LogP contribution >= 0.6 is 0 Å². The Kier molecular flexibility index (Phi) is 2.82. The summed E-state index contributed by atoms with van der Waals surface area (Å²) in [5.41, 5.74) is 1.66. The van der Waals surface area contributed by atoms with Crippen LogP contribution in [0.5, 0.6) is 0 Å². The van der Waals surface area contributed by atoms with Crippen LogP contribution in [0.4, 0.5) is 0 Å². The van der Waals surface area contributed by atoms with Crippen molar-refractivity contribution in [2.24, 2.45) is 0 Å². The second-order valence-corrected chi connectivity index (χ2v) is 4.59.